The molecule has 1 saturated carbocycles. The number of carbonyl (C=O) groups excluding carboxylic acids is 1. The van der Waals surface area contributed by atoms with Crippen LogP contribution < -0.4 is 0 Å². The van der Waals surface area contributed by atoms with Gasteiger partial charge in [0.2, 0.25) is 5.91 Å². The Bertz CT molecular complexity index is 592. The Balaban J connectivity index is 2.01. The SMILES string of the molecule is CN(C(=O)C1CC(N=[N+]=[N-])C1)[C@H](Cc1ccccc1)C(=O)O. The molecule has 1 aromatic carbocycles. The predicted molar refractivity (Wildman–Crippen MR) is 80.0 cm³/mol. The van der Waals surface area contributed by atoms with E-state index < -0.39 is 12.0 Å². The Morgan fingerprint density at radius 1 is 1.41 bits per heavy atom. The second kappa shape index (κ2) is 6.95. The van der Waals surface area contributed by atoms with E-state index in [-0.39, 0.29) is 24.3 Å². The predicted octanol–water partition coefficient (Wildman–Crippen LogP) is 2.23. The van der Waals surface area contributed by atoms with E-state index in [1.807, 2.05) is 30.3 Å². The average Bonchev–Trinajstić information content (AvgIpc) is 2.47. The molecule has 0 aliphatic heterocycles. The van der Waals surface area contributed by atoms with E-state index in [2.05, 4.69) is 10.0 Å². The zero-order valence-electron chi connectivity index (χ0n) is 12.3. The third-order valence-corrected chi connectivity index (χ3v) is 4.05. The fourth-order valence-corrected chi connectivity index (χ4v) is 2.63. The highest BCUT2D eigenvalue weighted by Crippen LogP contribution is 2.32. The molecular weight excluding hydrogens is 284 g/mol. The molecular formula is C15H18N4O3. The average molecular weight is 302 g/mol. The molecule has 7 nitrogen and oxygen atoms in total. The summed E-state index contributed by atoms with van der Waals surface area (Å²) in [6.07, 6.45) is 1.25. The van der Waals surface area contributed by atoms with Crippen molar-refractivity contribution in [3.05, 3.63) is 46.3 Å². The number of hydrogen-bond donors (Lipinski definition) is 1. The lowest BCUT2D eigenvalue weighted by atomic mass is 9.79. The van der Waals surface area contributed by atoms with Crippen LogP contribution >= 0.6 is 0 Å². The van der Waals surface area contributed by atoms with Gasteiger partial charge in [0.15, 0.2) is 0 Å². The van der Waals surface area contributed by atoms with Crippen molar-refractivity contribution < 1.29 is 14.7 Å². The number of rotatable bonds is 6. The molecule has 2 rings (SSSR count). The number of azide groups is 1. The van der Waals surface area contributed by atoms with Crippen LogP contribution in [0.3, 0.4) is 0 Å². The van der Waals surface area contributed by atoms with Crippen LogP contribution in [-0.4, -0.2) is 41.0 Å². The minimum atomic E-state index is -1.02. The summed E-state index contributed by atoms with van der Waals surface area (Å²) in [5, 5.41) is 13.0. The zero-order valence-corrected chi connectivity index (χ0v) is 12.3. The molecule has 0 heterocycles. The molecule has 0 saturated heterocycles. The van der Waals surface area contributed by atoms with Gasteiger partial charge in [0.1, 0.15) is 6.04 Å². The number of carboxylic acid groups (broad SMARTS) is 1. The smallest absolute Gasteiger partial charge is 0.326 e. The van der Waals surface area contributed by atoms with Crippen LogP contribution in [-0.2, 0) is 16.0 Å². The van der Waals surface area contributed by atoms with E-state index in [1.54, 1.807) is 0 Å². The molecule has 0 radical (unpaired) electrons. The molecule has 22 heavy (non-hydrogen) atoms. The van der Waals surface area contributed by atoms with E-state index in [0.29, 0.717) is 12.8 Å². The summed E-state index contributed by atoms with van der Waals surface area (Å²) >= 11 is 0. The van der Waals surface area contributed by atoms with Gasteiger partial charge in [-0.05, 0) is 23.9 Å². The second-order valence-corrected chi connectivity index (χ2v) is 5.52. The minimum Gasteiger partial charge on any atom is -0.480 e. The summed E-state index contributed by atoms with van der Waals surface area (Å²) in [5.74, 6) is -1.48. The van der Waals surface area contributed by atoms with Gasteiger partial charge in [-0.25, -0.2) is 4.79 Å². The number of amides is 1. The van der Waals surface area contributed by atoms with Gasteiger partial charge < -0.3 is 10.0 Å². The molecule has 0 spiro atoms. The van der Waals surface area contributed by atoms with Crippen molar-refractivity contribution >= 4 is 11.9 Å². The second-order valence-electron chi connectivity index (χ2n) is 5.52. The van der Waals surface area contributed by atoms with Crippen molar-refractivity contribution in [3.8, 4) is 0 Å². The minimum absolute atomic E-state index is 0.148. The summed E-state index contributed by atoms with van der Waals surface area (Å²) < 4.78 is 0. The first-order chi connectivity index (χ1) is 10.5. The molecule has 1 amide bonds. The molecule has 7 heteroatoms. The maximum atomic E-state index is 12.3. The first-order valence-corrected chi connectivity index (χ1v) is 7.10. The van der Waals surface area contributed by atoms with Gasteiger partial charge in [0, 0.05) is 30.3 Å². The van der Waals surface area contributed by atoms with Gasteiger partial charge in [0.05, 0.1) is 0 Å². The van der Waals surface area contributed by atoms with Crippen LogP contribution in [0.25, 0.3) is 10.4 Å². The van der Waals surface area contributed by atoms with Crippen LogP contribution in [0.4, 0.5) is 0 Å². The maximum absolute atomic E-state index is 12.3. The quantitative estimate of drug-likeness (QED) is 0.494. The Morgan fingerprint density at radius 3 is 2.59 bits per heavy atom. The first kappa shape index (κ1) is 15.9. The zero-order chi connectivity index (χ0) is 16.1. The molecule has 0 aromatic heterocycles. The standard InChI is InChI=1S/C15H18N4O3/c1-19(14(20)11-8-12(9-11)17-18-16)13(15(21)22)7-10-5-3-2-4-6-10/h2-6,11-13H,7-9H2,1H3,(H,21,22)/t11?,12?,13-/m1/s1. The molecule has 1 N–H and O–H groups in total. The largest absolute Gasteiger partial charge is 0.480 e. The highest BCUT2D eigenvalue weighted by molar-refractivity contribution is 5.85. The van der Waals surface area contributed by atoms with Gasteiger partial charge in [-0.15, -0.1) is 0 Å². The van der Waals surface area contributed by atoms with Gasteiger partial charge in [0.25, 0.3) is 0 Å². The molecule has 1 fully saturated rings. The maximum Gasteiger partial charge on any atom is 0.326 e. The molecule has 0 unspecified atom stereocenters. The van der Waals surface area contributed by atoms with Crippen LogP contribution in [0, 0.1) is 5.92 Å². The van der Waals surface area contributed by atoms with Crippen molar-refractivity contribution in [1.82, 2.24) is 4.90 Å². The summed E-state index contributed by atoms with van der Waals surface area (Å²) in [4.78, 5) is 27.8. The number of aliphatic carboxylic acids is 1. The Morgan fingerprint density at radius 2 is 2.05 bits per heavy atom. The number of likely N-dealkylation sites (N-methyl/N-ethyl adjacent to an activating group) is 1. The van der Waals surface area contributed by atoms with Gasteiger partial charge >= 0.3 is 5.97 Å². The third kappa shape index (κ3) is 3.56. The Labute approximate surface area is 128 Å². The lowest BCUT2D eigenvalue weighted by Crippen LogP contribution is -2.49. The van der Waals surface area contributed by atoms with Crippen LogP contribution in [0.15, 0.2) is 35.4 Å². The van der Waals surface area contributed by atoms with E-state index in [9.17, 15) is 14.7 Å². The van der Waals surface area contributed by atoms with Crippen LogP contribution in [0.1, 0.15) is 18.4 Å². The van der Waals surface area contributed by atoms with Gasteiger partial charge in [-0.3, -0.25) is 4.79 Å². The molecule has 1 aromatic rings. The fraction of sp³-hybridized carbons (Fsp3) is 0.467. The third-order valence-electron chi connectivity index (χ3n) is 4.05. The molecule has 1 atom stereocenters. The normalized spacial score (nSPS) is 21.1. The van der Waals surface area contributed by atoms with Crippen molar-refractivity contribution in [3.63, 3.8) is 0 Å². The van der Waals surface area contributed by atoms with E-state index in [0.717, 1.165) is 5.56 Å². The summed E-state index contributed by atoms with van der Waals surface area (Å²) in [5.41, 5.74) is 9.22. The fourth-order valence-electron chi connectivity index (χ4n) is 2.63. The van der Waals surface area contributed by atoms with E-state index >= 15 is 0 Å². The van der Waals surface area contributed by atoms with E-state index in [4.69, 9.17) is 5.53 Å². The lowest BCUT2D eigenvalue weighted by Gasteiger charge is -2.36. The van der Waals surface area contributed by atoms with Gasteiger partial charge in [-0.1, -0.05) is 35.4 Å². The Hall–Kier alpha value is -2.53. The topological polar surface area (TPSA) is 106 Å². The van der Waals surface area contributed by atoms with Crippen molar-refractivity contribution in [1.29, 1.82) is 0 Å². The van der Waals surface area contributed by atoms with Crippen LogP contribution in [0.5, 0.6) is 0 Å². The number of carbonyl (C=O) groups is 2. The number of hydrogen-bond acceptors (Lipinski definition) is 3. The van der Waals surface area contributed by atoms with Crippen LogP contribution in [0.2, 0.25) is 0 Å². The number of benzene rings is 1. The summed E-state index contributed by atoms with van der Waals surface area (Å²) in [6.45, 7) is 0. The monoisotopic (exact) mass is 302 g/mol. The lowest BCUT2D eigenvalue weighted by molar-refractivity contribution is -0.152. The molecule has 0 bridgehead atoms. The van der Waals surface area contributed by atoms with E-state index in [1.165, 1.54) is 11.9 Å². The highest BCUT2D eigenvalue weighted by atomic mass is 16.4. The number of nitrogens with zero attached hydrogens (tertiary/aromatic N) is 4. The molecule has 1 aliphatic carbocycles. The first-order valence-electron chi connectivity index (χ1n) is 7.10. The van der Waals surface area contributed by atoms with Crippen molar-refractivity contribution in [2.75, 3.05) is 7.05 Å². The summed E-state index contributed by atoms with van der Waals surface area (Å²) in [6, 6.07) is 8.18. The van der Waals surface area contributed by atoms with Gasteiger partial charge in [-0.2, -0.15) is 0 Å². The number of carboxylic acids is 1. The molecule has 116 valence electrons. The van der Waals surface area contributed by atoms with Crippen molar-refractivity contribution in [2.24, 2.45) is 11.0 Å². The highest BCUT2D eigenvalue weighted by Gasteiger charge is 2.38. The molecule has 1 aliphatic rings. The Kier molecular flexibility index (Phi) is 5.01. The van der Waals surface area contributed by atoms with Crippen molar-refractivity contribution in [2.45, 2.75) is 31.3 Å². The summed E-state index contributed by atoms with van der Waals surface area (Å²) in [7, 11) is 1.52.